The van der Waals surface area contributed by atoms with Crippen LogP contribution < -0.4 is 5.73 Å². The Balaban J connectivity index is 1.80. The molecule has 20 heavy (non-hydrogen) atoms. The highest BCUT2D eigenvalue weighted by Gasteiger charge is 2.23. The second-order valence-corrected chi connectivity index (χ2v) is 6.43. The molecule has 1 heterocycles. The SMILES string of the molecule is Nc1nc(C2CCCCCCC2)nc(C2CCCC2)n1. The Bertz CT molecular complexity index is 432. The minimum atomic E-state index is 0.430. The van der Waals surface area contributed by atoms with Crippen LogP contribution in [0.3, 0.4) is 0 Å². The zero-order valence-corrected chi connectivity index (χ0v) is 12.4. The molecule has 1 aromatic rings. The molecule has 0 aliphatic heterocycles. The van der Waals surface area contributed by atoms with Gasteiger partial charge in [-0.2, -0.15) is 9.97 Å². The normalized spacial score (nSPS) is 22.6. The standard InChI is InChI=1S/C16H26N4/c17-16-19-14(12-8-4-2-1-3-5-9-12)18-15(20-16)13-10-6-7-11-13/h12-13H,1-11H2,(H2,17,18,19,20). The summed E-state index contributed by atoms with van der Waals surface area (Å²) >= 11 is 0. The van der Waals surface area contributed by atoms with E-state index in [0.717, 1.165) is 11.6 Å². The quantitative estimate of drug-likeness (QED) is 0.887. The average Bonchev–Trinajstić information content (AvgIpc) is 2.91. The molecule has 0 aromatic carbocycles. The largest absolute Gasteiger partial charge is 0.368 e. The molecule has 2 saturated carbocycles. The molecule has 0 radical (unpaired) electrons. The molecule has 4 heteroatoms. The number of anilines is 1. The summed E-state index contributed by atoms with van der Waals surface area (Å²) in [6.45, 7) is 0. The lowest BCUT2D eigenvalue weighted by Gasteiger charge is -2.19. The van der Waals surface area contributed by atoms with Crippen molar-refractivity contribution in [2.75, 3.05) is 5.73 Å². The average molecular weight is 274 g/mol. The van der Waals surface area contributed by atoms with E-state index in [-0.39, 0.29) is 0 Å². The third-order valence-corrected chi connectivity index (χ3v) is 4.88. The third kappa shape index (κ3) is 3.28. The molecule has 3 rings (SSSR count). The van der Waals surface area contributed by atoms with Crippen molar-refractivity contribution in [2.45, 2.75) is 82.5 Å². The van der Waals surface area contributed by atoms with Crippen LogP contribution in [-0.4, -0.2) is 15.0 Å². The van der Waals surface area contributed by atoms with Gasteiger partial charge in [-0.25, -0.2) is 4.98 Å². The van der Waals surface area contributed by atoms with Crippen LogP contribution in [0.25, 0.3) is 0 Å². The highest BCUT2D eigenvalue weighted by molar-refractivity contribution is 5.19. The Kier molecular flexibility index (Phi) is 4.48. The van der Waals surface area contributed by atoms with E-state index in [1.54, 1.807) is 0 Å². The summed E-state index contributed by atoms with van der Waals surface area (Å²) in [4.78, 5) is 13.7. The first-order chi connectivity index (χ1) is 9.83. The second-order valence-electron chi connectivity index (χ2n) is 6.43. The van der Waals surface area contributed by atoms with Crippen molar-refractivity contribution in [3.8, 4) is 0 Å². The van der Waals surface area contributed by atoms with Gasteiger partial charge in [-0.3, -0.25) is 0 Å². The molecule has 0 bridgehead atoms. The van der Waals surface area contributed by atoms with Gasteiger partial charge in [-0.05, 0) is 25.7 Å². The van der Waals surface area contributed by atoms with Gasteiger partial charge in [0.1, 0.15) is 11.6 Å². The zero-order chi connectivity index (χ0) is 13.8. The summed E-state index contributed by atoms with van der Waals surface area (Å²) in [5.74, 6) is 3.39. The number of hydrogen-bond acceptors (Lipinski definition) is 4. The molecule has 2 N–H and O–H groups in total. The molecule has 0 unspecified atom stereocenters. The van der Waals surface area contributed by atoms with Crippen LogP contribution in [-0.2, 0) is 0 Å². The maximum atomic E-state index is 5.94. The number of nitrogen functional groups attached to an aromatic ring is 1. The van der Waals surface area contributed by atoms with E-state index in [2.05, 4.69) is 9.97 Å². The second kappa shape index (κ2) is 6.51. The summed E-state index contributed by atoms with van der Waals surface area (Å²) in [5.41, 5.74) is 5.94. The number of hydrogen-bond donors (Lipinski definition) is 1. The maximum absolute atomic E-state index is 5.94. The molecule has 4 nitrogen and oxygen atoms in total. The van der Waals surface area contributed by atoms with Crippen molar-refractivity contribution in [3.05, 3.63) is 11.6 Å². The smallest absolute Gasteiger partial charge is 0.223 e. The van der Waals surface area contributed by atoms with Crippen LogP contribution in [0.1, 0.15) is 94.1 Å². The van der Waals surface area contributed by atoms with E-state index in [1.165, 1.54) is 70.6 Å². The monoisotopic (exact) mass is 274 g/mol. The van der Waals surface area contributed by atoms with Gasteiger partial charge in [0.2, 0.25) is 5.95 Å². The zero-order valence-electron chi connectivity index (χ0n) is 12.4. The van der Waals surface area contributed by atoms with Crippen LogP contribution in [0, 0.1) is 0 Å². The van der Waals surface area contributed by atoms with Gasteiger partial charge in [0.25, 0.3) is 0 Å². The Morgan fingerprint density at radius 3 is 1.50 bits per heavy atom. The van der Waals surface area contributed by atoms with E-state index in [0.29, 0.717) is 17.8 Å². The number of nitrogens with zero attached hydrogens (tertiary/aromatic N) is 3. The van der Waals surface area contributed by atoms with Gasteiger partial charge in [0, 0.05) is 11.8 Å². The van der Waals surface area contributed by atoms with Crippen molar-refractivity contribution in [1.82, 2.24) is 15.0 Å². The first kappa shape index (κ1) is 13.8. The van der Waals surface area contributed by atoms with Gasteiger partial charge in [-0.15, -0.1) is 0 Å². The fraction of sp³-hybridized carbons (Fsp3) is 0.812. The first-order valence-electron chi connectivity index (χ1n) is 8.34. The third-order valence-electron chi connectivity index (χ3n) is 4.88. The van der Waals surface area contributed by atoms with Crippen LogP contribution in [0.4, 0.5) is 5.95 Å². The maximum Gasteiger partial charge on any atom is 0.223 e. The summed E-state index contributed by atoms with van der Waals surface area (Å²) in [5, 5.41) is 0. The van der Waals surface area contributed by atoms with Gasteiger partial charge in [0.15, 0.2) is 0 Å². The fourth-order valence-corrected chi connectivity index (χ4v) is 3.69. The van der Waals surface area contributed by atoms with Gasteiger partial charge in [-0.1, -0.05) is 44.9 Å². The summed E-state index contributed by atoms with van der Waals surface area (Å²) in [6, 6.07) is 0. The lowest BCUT2D eigenvalue weighted by Crippen LogP contribution is -2.14. The van der Waals surface area contributed by atoms with Crippen molar-refractivity contribution >= 4 is 5.95 Å². The predicted molar refractivity (Wildman–Crippen MR) is 80.5 cm³/mol. The Hall–Kier alpha value is -1.19. The van der Waals surface area contributed by atoms with Crippen molar-refractivity contribution in [1.29, 1.82) is 0 Å². The highest BCUT2D eigenvalue weighted by atomic mass is 15.1. The van der Waals surface area contributed by atoms with Gasteiger partial charge < -0.3 is 5.73 Å². The summed E-state index contributed by atoms with van der Waals surface area (Å²) in [7, 11) is 0. The first-order valence-corrected chi connectivity index (χ1v) is 8.34. The molecule has 1 aromatic heterocycles. The number of rotatable bonds is 2. The van der Waals surface area contributed by atoms with Crippen molar-refractivity contribution < 1.29 is 0 Å². The van der Waals surface area contributed by atoms with E-state index in [1.807, 2.05) is 0 Å². The van der Waals surface area contributed by atoms with E-state index < -0.39 is 0 Å². The minimum Gasteiger partial charge on any atom is -0.368 e. The summed E-state index contributed by atoms with van der Waals surface area (Å²) < 4.78 is 0. The Labute approximate surface area is 121 Å². The molecular formula is C16H26N4. The minimum absolute atomic E-state index is 0.430. The molecule has 0 amide bonds. The highest BCUT2D eigenvalue weighted by Crippen LogP contribution is 2.34. The molecule has 0 saturated heterocycles. The Morgan fingerprint density at radius 1 is 0.600 bits per heavy atom. The van der Waals surface area contributed by atoms with E-state index in [4.69, 9.17) is 10.7 Å². The molecule has 0 atom stereocenters. The molecule has 2 aliphatic rings. The van der Waals surface area contributed by atoms with Crippen LogP contribution in [0.5, 0.6) is 0 Å². The van der Waals surface area contributed by atoms with Crippen LogP contribution >= 0.6 is 0 Å². The molecule has 2 fully saturated rings. The van der Waals surface area contributed by atoms with Gasteiger partial charge in [0.05, 0.1) is 0 Å². The topological polar surface area (TPSA) is 64.7 Å². The van der Waals surface area contributed by atoms with Crippen LogP contribution in [0.2, 0.25) is 0 Å². The lowest BCUT2D eigenvalue weighted by molar-refractivity contribution is 0.439. The van der Waals surface area contributed by atoms with E-state index >= 15 is 0 Å². The van der Waals surface area contributed by atoms with Crippen molar-refractivity contribution in [2.24, 2.45) is 0 Å². The Morgan fingerprint density at radius 2 is 1.00 bits per heavy atom. The molecule has 2 aliphatic carbocycles. The number of nitrogens with two attached hydrogens (primary N) is 1. The summed E-state index contributed by atoms with van der Waals surface area (Å²) in [6.07, 6.45) is 14.2. The van der Waals surface area contributed by atoms with E-state index in [9.17, 15) is 0 Å². The molecule has 0 spiro atoms. The molecular weight excluding hydrogens is 248 g/mol. The van der Waals surface area contributed by atoms with Crippen LogP contribution in [0.15, 0.2) is 0 Å². The van der Waals surface area contributed by atoms with Gasteiger partial charge >= 0.3 is 0 Å². The lowest BCUT2D eigenvalue weighted by atomic mass is 9.90. The number of aromatic nitrogens is 3. The van der Waals surface area contributed by atoms with Crippen molar-refractivity contribution in [3.63, 3.8) is 0 Å². The molecule has 110 valence electrons. The fourth-order valence-electron chi connectivity index (χ4n) is 3.69. The predicted octanol–water partition coefficient (Wildman–Crippen LogP) is 3.94.